The molecule has 0 N–H and O–H groups in total. The lowest BCUT2D eigenvalue weighted by atomic mass is 10.0. The van der Waals surface area contributed by atoms with Gasteiger partial charge in [0.05, 0.1) is 12.7 Å². The van der Waals surface area contributed by atoms with Crippen LogP contribution in [0, 0.1) is 0 Å². The maximum atomic E-state index is 11.6. The first-order chi connectivity index (χ1) is 8.65. The number of benzene rings is 1. The summed E-state index contributed by atoms with van der Waals surface area (Å²) in [5.74, 6) is 1.16. The minimum Gasteiger partial charge on any atom is -0.493 e. The van der Waals surface area contributed by atoms with Crippen LogP contribution in [-0.4, -0.2) is 25.1 Å². The zero-order valence-electron chi connectivity index (χ0n) is 11.1. The van der Waals surface area contributed by atoms with Gasteiger partial charge in [0.1, 0.15) is 12.4 Å². The van der Waals surface area contributed by atoms with Gasteiger partial charge in [0.2, 0.25) is 0 Å². The van der Waals surface area contributed by atoms with Gasteiger partial charge in [0.15, 0.2) is 5.78 Å². The van der Waals surface area contributed by atoms with E-state index in [1.165, 1.54) is 11.1 Å². The van der Waals surface area contributed by atoms with E-state index in [0.29, 0.717) is 6.42 Å². The molecule has 0 unspecified atom stereocenters. The van der Waals surface area contributed by atoms with Crippen molar-refractivity contribution >= 4 is 5.78 Å². The smallest absolute Gasteiger partial charge is 0.158 e. The Balaban J connectivity index is 1.81. The fraction of sp³-hybridized carbons (Fsp3) is 0.533. The van der Waals surface area contributed by atoms with E-state index < -0.39 is 0 Å². The average molecular weight is 248 g/mol. The second kappa shape index (κ2) is 6.01. The lowest BCUT2D eigenvalue weighted by molar-refractivity contribution is -0.124. The van der Waals surface area contributed by atoms with Crippen molar-refractivity contribution in [2.45, 2.75) is 39.2 Å². The third-order valence-corrected chi connectivity index (χ3v) is 3.02. The van der Waals surface area contributed by atoms with Crippen LogP contribution >= 0.6 is 0 Å². The standard InChI is InChI=1S/C15H20O3/c1-11(2)18-10-14(16)5-3-12-4-6-15-13(9-12)7-8-17-15/h4,6,9,11H,3,5,7-8,10H2,1-2H3. The molecule has 1 aliphatic rings. The van der Waals surface area contributed by atoms with Crippen molar-refractivity contribution in [1.29, 1.82) is 0 Å². The van der Waals surface area contributed by atoms with Crippen LogP contribution < -0.4 is 4.74 Å². The summed E-state index contributed by atoms with van der Waals surface area (Å²) in [4.78, 5) is 11.6. The Morgan fingerprint density at radius 1 is 1.44 bits per heavy atom. The van der Waals surface area contributed by atoms with E-state index in [9.17, 15) is 4.79 Å². The van der Waals surface area contributed by atoms with E-state index in [1.807, 2.05) is 26.0 Å². The summed E-state index contributed by atoms with van der Waals surface area (Å²) in [6.45, 7) is 4.88. The van der Waals surface area contributed by atoms with E-state index >= 15 is 0 Å². The minimum atomic E-state index is 0.117. The highest BCUT2D eigenvalue weighted by Crippen LogP contribution is 2.26. The molecule has 1 aliphatic heterocycles. The first kappa shape index (κ1) is 13.1. The highest BCUT2D eigenvalue weighted by Gasteiger charge is 2.12. The molecule has 0 fully saturated rings. The molecule has 0 amide bonds. The van der Waals surface area contributed by atoms with Crippen molar-refractivity contribution in [3.05, 3.63) is 29.3 Å². The quantitative estimate of drug-likeness (QED) is 0.776. The molecule has 0 bridgehead atoms. The number of ether oxygens (including phenoxy) is 2. The molecule has 0 saturated carbocycles. The maximum absolute atomic E-state index is 11.6. The third-order valence-electron chi connectivity index (χ3n) is 3.02. The van der Waals surface area contributed by atoms with Crippen molar-refractivity contribution in [1.82, 2.24) is 0 Å². The van der Waals surface area contributed by atoms with Crippen LogP contribution in [0.5, 0.6) is 5.75 Å². The van der Waals surface area contributed by atoms with E-state index in [1.54, 1.807) is 0 Å². The Morgan fingerprint density at radius 2 is 2.28 bits per heavy atom. The molecule has 98 valence electrons. The number of fused-ring (bicyclic) bond motifs is 1. The van der Waals surface area contributed by atoms with Gasteiger partial charge in [-0.15, -0.1) is 0 Å². The Bertz CT molecular complexity index is 424. The first-order valence-corrected chi connectivity index (χ1v) is 6.53. The number of hydrogen-bond donors (Lipinski definition) is 0. The average Bonchev–Trinajstić information content (AvgIpc) is 2.81. The van der Waals surface area contributed by atoms with Crippen LogP contribution in [-0.2, 0) is 22.4 Å². The number of aryl methyl sites for hydroxylation is 1. The molecule has 0 spiro atoms. The highest BCUT2D eigenvalue weighted by molar-refractivity contribution is 5.79. The Kier molecular flexibility index (Phi) is 4.37. The second-order valence-corrected chi connectivity index (χ2v) is 4.94. The first-order valence-electron chi connectivity index (χ1n) is 6.53. The van der Waals surface area contributed by atoms with Gasteiger partial charge in [-0.05, 0) is 37.5 Å². The number of rotatable bonds is 6. The van der Waals surface area contributed by atoms with Gasteiger partial charge in [-0.1, -0.05) is 12.1 Å². The molecule has 0 aliphatic carbocycles. The number of Topliss-reactive ketones (excluding diaryl/α,β-unsaturated/α-hetero) is 1. The van der Waals surface area contributed by atoms with Gasteiger partial charge in [-0.2, -0.15) is 0 Å². The van der Waals surface area contributed by atoms with Crippen molar-refractivity contribution < 1.29 is 14.3 Å². The monoisotopic (exact) mass is 248 g/mol. The zero-order valence-corrected chi connectivity index (χ0v) is 11.1. The molecular formula is C15H20O3. The van der Waals surface area contributed by atoms with Crippen molar-refractivity contribution in [3.8, 4) is 5.75 Å². The molecular weight excluding hydrogens is 228 g/mol. The van der Waals surface area contributed by atoms with E-state index in [2.05, 4.69) is 6.07 Å². The summed E-state index contributed by atoms with van der Waals surface area (Å²) < 4.78 is 10.8. The van der Waals surface area contributed by atoms with Gasteiger partial charge < -0.3 is 9.47 Å². The number of hydrogen-bond acceptors (Lipinski definition) is 3. The van der Waals surface area contributed by atoms with Crippen LogP contribution in [0.4, 0.5) is 0 Å². The van der Waals surface area contributed by atoms with Crippen LogP contribution in [0.1, 0.15) is 31.4 Å². The lowest BCUT2D eigenvalue weighted by Gasteiger charge is -2.07. The molecule has 1 aromatic carbocycles. The van der Waals surface area contributed by atoms with Crippen LogP contribution in [0.2, 0.25) is 0 Å². The minimum absolute atomic E-state index is 0.117. The van der Waals surface area contributed by atoms with Crippen LogP contribution in [0.25, 0.3) is 0 Å². The summed E-state index contributed by atoms with van der Waals surface area (Å²) in [7, 11) is 0. The molecule has 0 atom stereocenters. The lowest BCUT2D eigenvalue weighted by Crippen LogP contribution is -2.13. The summed E-state index contributed by atoms with van der Waals surface area (Å²) in [5.41, 5.74) is 2.47. The second-order valence-electron chi connectivity index (χ2n) is 4.94. The van der Waals surface area contributed by atoms with Crippen LogP contribution in [0.3, 0.4) is 0 Å². The van der Waals surface area contributed by atoms with Gasteiger partial charge in [0, 0.05) is 12.8 Å². The fourth-order valence-corrected chi connectivity index (χ4v) is 2.01. The predicted octanol–water partition coefficient (Wildman–Crippen LogP) is 2.55. The maximum Gasteiger partial charge on any atom is 0.158 e. The number of carbonyl (C=O) groups is 1. The Morgan fingerprint density at radius 3 is 3.06 bits per heavy atom. The predicted molar refractivity (Wildman–Crippen MR) is 70.1 cm³/mol. The Labute approximate surface area is 108 Å². The molecule has 0 saturated heterocycles. The van der Waals surface area contributed by atoms with Crippen LogP contribution in [0.15, 0.2) is 18.2 Å². The molecule has 3 nitrogen and oxygen atoms in total. The molecule has 0 radical (unpaired) electrons. The molecule has 3 heteroatoms. The molecule has 0 aromatic heterocycles. The molecule has 2 rings (SSSR count). The fourth-order valence-electron chi connectivity index (χ4n) is 2.01. The summed E-state index contributed by atoms with van der Waals surface area (Å²) in [6.07, 6.45) is 2.43. The van der Waals surface area contributed by atoms with Gasteiger partial charge >= 0.3 is 0 Å². The van der Waals surface area contributed by atoms with Gasteiger partial charge in [-0.3, -0.25) is 4.79 Å². The number of ketones is 1. The third kappa shape index (κ3) is 3.57. The topological polar surface area (TPSA) is 35.5 Å². The van der Waals surface area contributed by atoms with E-state index in [-0.39, 0.29) is 18.5 Å². The van der Waals surface area contributed by atoms with E-state index in [0.717, 1.165) is 25.2 Å². The highest BCUT2D eigenvalue weighted by atomic mass is 16.5. The number of carbonyl (C=O) groups excluding carboxylic acids is 1. The van der Waals surface area contributed by atoms with Gasteiger partial charge in [0.25, 0.3) is 0 Å². The largest absolute Gasteiger partial charge is 0.493 e. The summed E-state index contributed by atoms with van der Waals surface area (Å²) in [6, 6.07) is 6.20. The van der Waals surface area contributed by atoms with Crippen molar-refractivity contribution in [2.24, 2.45) is 0 Å². The summed E-state index contributed by atoms with van der Waals surface area (Å²) >= 11 is 0. The summed E-state index contributed by atoms with van der Waals surface area (Å²) in [5, 5.41) is 0. The molecule has 1 aromatic rings. The zero-order chi connectivity index (χ0) is 13.0. The SMILES string of the molecule is CC(C)OCC(=O)CCc1ccc2c(c1)CCO2. The Hall–Kier alpha value is -1.35. The van der Waals surface area contributed by atoms with Gasteiger partial charge in [-0.25, -0.2) is 0 Å². The van der Waals surface area contributed by atoms with Crippen molar-refractivity contribution in [3.63, 3.8) is 0 Å². The molecule has 18 heavy (non-hydrogen) atoms. The normalized spacial score (nSPS) is 13.5. The van der Waals surface area contributed by atoms with Crippen molar-refractivity contribution in [2.75, 3.05) is 13.2 Å². The molecule has 1 heterocycles. The van der Waals surface area contributed by atoms with E-state index in [4.69, 9.17) is 9.47 Å².